The smallest absolute Gasteiger partial charge is 0.251 e. The molecule has 0 aliphatic rings. The Morgan fingerprint density at radius 3 is 2.34 bits per heavy atom. The molecule has 2 aromatic carbocycles. The van der Waals surface area contributed by atoms with Crippen LogP contribution in [0.3, 0.4) is 0 Å². The zero-order chi connectivity index (χ0) is 20.5. The fraction of sp³-hybridized carbons (Fsp3) is 0.333. The molecule has 2 rings (SSSR count). The van der Waals surface area contributed by atoms with E-state index in [4.69, 9.17) is 0 Å². The van der Waals surface area contributed by atoms with E-state index in [2.05, 4.69) is 20.9 Å². The average molecular weight is 516 g/mol. The molecule has 0 saturated carbocycles. The summed E-state index contributed by atoms with van der Waals surface area (Å²) in [5.74, 6) is -0.597. The van der Waals surface area contributed by atoms with Crippen molar-refractivity contribution < 1.29 is 13.6 Å². The van der Waals surface area contributed by atoms with Gasteiger partial charge >= 0.3 is 0 Å². The summed E-state index contributed by atoms with van der Waals surface area (Å²) in [6.07, 6.45) is 0.874. The number of guanidine groups is 1. The maximum absolute atomic E-state index is 13.7. The first-order valence-corrected chi connectivity index (χ1v) is 9.21. The molecule has 1 amide bonds. The lowest BCUT2D eigenvalue weighted by Gasteiger charge is -2.13. The minimum Gasteiger partial charge on any atom is -0.352 e. The fourth-order valence-corrected chi connectivity index (χ4v) is 2.45. The van der Waals surface area contributed by atoms with Gasteiger partial charge in [0.25, 0.3) is 5.91 Å². The van der Waals surface area contributed by atoms with Gasteiger partial charge in [0.05, 0.1) is 0 Å². The van der Waals surface area contributed by atoms with Crippen LogP contribution in [0.25, 0.3) is 0 Å². The monoisotopic (exact) mass is 516 g/mol. The van der Waals surface area contributed by atoms with Gasteiger partial charge in [0.2, 0.25) is 0 Å². The number of nitrogens with one attached hydrogen (secondary N) is 3. The van der Waals surface area contributed by atoms with E-state index in [1.54, 1.807) is 19.2 Å². The van der Waals surface area contributed by atoms with Crippen LogP contribution < -0.4 is 16.0 Å². The van der Waals surface area contributed by atoms with E-state index in [9.17, 15) is 13.6 Å². The van der Waals surface area contributed by atoms with E-state index in [1.165, 1.54) is 0 Å². The number of hydrogen-bond acceptors (Lipinski definition) is 2. The number of halogens is 3. The van der Waals surface area contributed by atoms with Gasteiger partial charge in [-0.25, -0.2) is 8.78 Å². The molecule has 158 valence electrons. The summed E-state index contributed by atoms with van der Waals surface area (Å²) in [5, 5.41) is 8.98. The van der Waals surface area contributed by atoms with E-state index in [0.717, 1.165) is 30.2 Å². The number of nitrogens with zero attached hydrogens (tertiary/aromatic N) is 1. The molecule has 0 radical (unpaired) electrons. The van der Waals surface area contributed by atoms with Crippen LogP contribution in [0.4, 0.5) is 8.78 Å². The van der Waals surface area contributed by atoms with Crippen LogP contribution in [0.5, 0.6) is 0 Å². The summed E-state index contributed by atoms with van der Waals surface area (Å²) in [7, 11) is 1.60. The number of carbonyl (C=O) groups is 1. The quantitative estimate of drug-likeness (QED) is 0.297. The van der Waals surface area contributed by atoms with Crippen LogP contribution in [0.15, 0.2) is 47.5 Å². The van der Waals surface area contributed by atoms with Gasteiger partial charge in [-0.1, -0.05) is 19.1 Å². The highest BCUT2D eigenvalue weighted by atomic mass is 127. The molecule has 2 aromatic rings. The standard InChI is InChI=1S/C21H26F2N4O.HI/c1-4-14(2)27-20(28)16-7-5-15(6-8-16)12-25-21(24-3)26-13-17-11-18(22)9-10-19(17)23;/h5-11,14H,4,12-13H2,1-3H3,(H,27,28)(H2,24,25,26);1H. The molecule has 1 unspecified atom stereocenters. The minimum atomic E-state index is -0.487. The van der Waals surface area contributed by atoms with Crippen molar-refractivity contribution in [2.24, 2.45) is 4.99 Å². The van der Waals surface area contributed by atoms with Crippen molar-refractivity contribution in [3.05, 3.63) is 70.8 Å². The molecular weight excluding hydrogens is 489 g/mol. The van der Waals surface area contributed by atoms with Crippen LogP contribution in [0.1, 0.15) is 41.8 Å². The third kappa shape index (κ3) is 7.96. The molecule has 0 fully saturated rings. The number of amides is 1. The average Bonchev–Trinajstić information content (AvgIpc) is 2.70. The lowest BCUT2D eigenvalue weighted by molar-refractivity contribution is 0.0939. The van der Waals surface area contributed by atoms with E-state index in [-0.39, 0.29) is 48.0 Å². The van der Waals surface area contributed by atoms with Crippen molar-refractivity contribution in [1.82, 2.24) is 16.0 Å². The molecule has 8 heteroatoms. The molecule has 1 atom stereocenters. The molecule has 3 N–H and O–H groups in total. The number of hydrogen-bond donors (Lipinski definition) is 3. The molecule has 0 aromatic heterocycles. The van der Waals surface area contributed by atoms with Crippen molar-refractivity contribution in [1.29, 1.82) is 0 Å². The number of carbonyl (C=O) groups excluding carboxylic acids is 1. The van der Waals surface area contributed by atoms with Crippen LogP contribution in [0, 0.1) is 11.6 Å². The minimum absolute atomic E-state index is 0. The predicted octanol–water partition coefficient (Wildman–Crippen LogP) is 3.98. The van der Waals surface area contributed by atoms with Gasteiger partial charge in [-0.15, -0.1) is 24.0 Å². The second kappa shape index (κ2) is 12.4. The van der Waals surface area contributed by atoms with E-state index < -0.39 is 11.6 Å². The van der Waals surface area contributed by atoms with Gasteiger partial charge in [0.15, 0.2) is 5.96 Å². The maximum Gasteiger partial charge on any atom is 0.251 e. The first-order valence-electron chi connectivity index (χ1n) is 9.21. The highest BCUT2D eigenvalue weighted by Crippen LogP contribution is 2.09. The Balaban J connectivity index is 0.00000420. The number of rotatable bonds is 7. The predicted molar refractivity (Wildman–Crippen MR) is 122 cm³/mol. The first kappa shape index (κ1) is 24.8. The zero-order valence-electron chi connectivity index (χ0n) is 16.8. The van der Waals surface area contributed by atoms with Crippen molar-refractivity contribution in [3.8, 4) is 0 Å². The molecule has 0 aliphatic heterocycles. The topological polar surface area (TPSA) is 65.5 Å². The zero-order valence-corrected chi connectivity index (χ0v) is 19.1. The van der Waals surface area contributed by atoms with Crippen LogP contribution in [-0.4, -0.2) is 25.0 Å². The van der Waals surface area contributed by atoms with Gasteiger partial charge in [0.1, 0.15) is 11.6 Å². The van der Waals surface area contributed by atoms with Gasteiger partial charge in [-0.3, -0.25) is 9.79 Å². The Labute approximate surface area is 187 Å². The van der Waals surface area contributed by atoms with Crippen molar-refractivity contribution in [3.63, 3.8) is 0 Å². The lowest BCUT2D eigenvalue weighted by Crippen LogP contribution is -2.36. The van der Waals surface area contributed by atoms with Gasteiger partial charge in [0, 0.05) is 37.3 Å². The number of benzene rings is 2. The fourth-order valence-electron chi connectivity index (χ4n) is 2.45. The van der Waals surface area contributed by atoms with Crippen LogP contribution in [0.2, 0.25) is 0 Å². The summed E-state index contributed by atoms with van der Waals surface area (Å²) < 4.78 is 26.9. The summed E-state index contributed by atoms with van der Waals surface area (Å²) in [4.78, 5) is 16.2. The molecule has 0 aliphatic carbocycles. The Kier molecular flexibility index (Phi) is 10.6. The Bertz CT molecular complexity index is 828. The van der Waals surface area contributed by atoms with Gasteiger partial charge in [-0.2, -0.15) is 0 Å². The molecule has 0 heterocycles. The molecule has 0 bridgehead atoms. The van der Waals surface area contributed by atoms with Crippen LogP contribution in [-0.2, 0) is 13.1 Å². The summed E-state index contributed by atoms with van der Waals surface area (Å²) >= 11 is 0. The van der Waals surface area contributed by atoms with Crippen molar-refractivity contribution in [2.45, 2.75) is 39.4 Å². The van der Waals surface area contributed by atoms with Gasteiger partial charge in [-0.05, 0) is 49.2 Å². The summed E-state index contributed by atoms with van der Waals surface area (Å²) in [5.41, 5.74) is 1.78. The first-order chi connectivity index (χ1) is 13.4. The highest BCUT2D eigenvalue weighted by molar-refractivity contribution is 14.0. The summed E-state index contributed by atoms with van der Waals surface area (Å²) in [6, 6.07) is 10.7. The summed E-state index contributed by atoms with van der Waals surface area (Å²) in [6.45, 7) is 4.56. The third-order valence-corrected chi connectivity index (χ3v) is 4.34. The molecule has 0 saturated heterocycles. The normalized spacial score (nSPS) is 12.0. The van der Waals surface area contributed by atoms with Crippen LogP contribution >= 0.6 is 24.0 Å². The molecule has 0 spiro atoms. The SMILES string of the molecule is CCC(C)NC(=O)c1ccc(CNC(=NC)NCc2cc(F)ccc2F)cc1.I. The van der Waals surface area contributed by atoms with Gasteiger partial charge < -0.3 is 16.0 Å². The Morgan fingerprint density at radius 1 is 1.07 bits per heavy atom. The Morgan fingerprint density at radius 2 is 1.72 bits per heavy atom. The van der Waals surface area contributed by atoms with Crippen molar-refractivity contribution in [2.75, 3.05) is 7.05 Å². The van der Waals surface area contributed by atoms with Crippen molar-refractivity contribution >= 4 is 35.8 Å². The second-order valence-corrected chi connectivity index (χ2v) is 6.49. The second-order valence-electron chi connectivity index (χ2n) is 6.49. The third-order valence-electron chi connectivity index (χ3n) is 4.34. The maximum atomic E-state index is 13.7. The van der Waals surface area contributed by atoms with E-state index >= 15 is 0 Å². The lowest BCUT2D eigenvalue weighted by atomic mass is 10.1. The Hall–Kier alpha value is -2.23. The van der Waals surface area contributed by atoms with E-state index in [0.29, 0.717) is 18.1 Å². The highest BCUT2D eigenvalue weighted by Gasteiger charge is 2.09. The number of aliphatic imine (C=N–C) groups is 1. The van der Waals surface area contributed by atoms with E-state index in [1.807, 2.05) is 26.0 Å². The largest absolute Gasteiger partial charge is 0.352 e. The molecular formula is C21H27F2IN4O. The molecule has 5 nitrogen and oxygen atoms in total. The molecule has 29 heavy (non-hydrogen) atoms.